The Balaban J connectivity index is 1.72. The molecule has 0 N–H and O–H groups in total. The molecule has 4 rings (SSSR count). The third kappa shape index (κ3) is 3.52. The Kier molecular flexibility index (Phi) is 5.38. The minimum absolute atomic E-state index is 0.0483. The summed E-state index contributed by atoms with van der Waals surface area (Å²) in [7, 11) is 5.66. The van der Waals surface area contributed by atoms with E-state index >= 15 is 0 Å². The Morgan fingerprint density at radius 1 is 1.14 bits per heavy atom. The summed E-state index contributed by atoms with van der Waals surface area (Å²) in [5.74, 6) is 0.843. The van der Waals surface area contributed by atoms with Crippen molar-refractivity contribution >= 4 is 32.2 Å². The molecule has 0 bridgehead atoms. The van der Waals surface area contributed by atoms with Gasteiger partial charge >= 0.3 is 0 Å². The topological polar surface area (TPSA) is 32.8 Å². The average molecular weight is 395 g/mol. The molecule has 2 aromatic carbocycles. The summed E-state index contributed by atoms with van der Waals surface area (Å²) in [5.41, 5.74) is 2.59. The van der Waals surface area contributed by atoms with E-state index in [2.05, 4.69) is 11.0 Å². The first kappa shape index (κ1) is 19.0. The van der Waals surface area contributed by atoms with Crippen molar-refractivity contribution in [3.63, 3.8) is 0 Å². The molecule has 1 aliphatic heterocycles. The van der Waals surface area contributed by atoms with E-state index in [1.807, 2.05) is 55.4 Å². The van der Waals surface area contributed by atoms with Crippen molar-refractivity contribution in [2.24, 2.45) is 0 Å². The van der Waals surface area contributed by atoms with Crippen molar-refractivity contribution in [1.29, 1.82) is 0 Å². The minimum Gasteiger partial charge on any atom is -0.496 e. The van der Waals surface area contributed by atoms with Crippen LogP contribution in [0.4, 0.5) is 5.00 Å². The van der Waals surface area contributed by atoms with Gasteiger partial charge < -0.3 is 9.64 Å². The Labute approximate surface area is 170 Å². The fourth-order valence-corrected chi connectivity index (χ4v) is 5.03. The molecule has 5 heteroatoms. The third-order valence-electron chi connectivity index (χ3n) is 5.35. The van der Waals surface area contributed by atoms with E-state index in [0.717, 1.165) is 51.6 Å². The van der Waals surface area contributed by atoms with Gasteiger partial charge in [0.25, 0.3) is 0 Å². The number of ketones is 1. The first-order chi connectivity index (χ1) is 13.6. The summed E-state index contributed by atoms with van der Waals surface area (Å²) in [6, 6.07) is 14.0. The van der Waals surface area contributed by atoms with Gasteiger partial charge in [-0.1, -0.05) is 30.3 Å². The molecule has 1 aliphatic rings. The molecule has 0 saturated carbocycles. The number of hydrogen-bond acceptors (Lipinski definition) is 5. The van der Waals surface area contributed by atoms with Crippen molar-refractivity contribution in [2.75, 3.05) is 39.2 Å². The summed E-state index contributed by atoms with van der Waals surface area (Å²) < 4.78 is 6.77. The van der Waals surface area contributed by atoms with Gasteiger partial charge in [-0.05, 0) is 38.1 Å². The summed E-state index contributed by atoms with van der Waals surface area (Å²) in [6.07, 6.45) is 2.52. The Morgan fingerprint density at radius 2 is 1.89 bits per heavy atom. The summed E-state index contributed by atoms with van der Waals surface area (Å²) in [5, 5.41) is 2.01. The smallest absolute Gasteiger partial charge is 0.196 e. The highest BCUT2D eigenvalue weighted by Crippen LogP contribution is 2.39. The second-order valence-corrected chi connectivity index (χ2v) is 8.54. The maximum atomic E-state index is 13.5. The van der Waals surface area contributed by atoms with E-state index in [9.17, 15) is 4.79 Å². The summed E-state index contributed by atoms with van der Waals surface area (Å²) in [4.78, 5) is 17.9. The molecule has 1 aromatic heterocycles. The van der Waals surface area contributed by atoms with Gasteiger partial charge in [-0.15, -0.1) is 11.3 Å². The first-order valence-electron chi connectivity index (χ1n) is 9.71. The maximum absolute atomic E-state index is 13.5. The predicted octanol–water partition coefficient (Wildman–Crippen LogP) is 4.80. The second kappa shape index (κ2) is 7.94. The van der Waals surface area contributed by atoms with Gasteiger partial charge in [-0.2, -0.15) is 0 Å². The molecule has 1 fully saturated rings. The number of methoxy groups -OCH3 is 1. The number of benzene rings is 2. The number of ether oxygens (including phenoxy) is 1. The van der Waals surface area contributed by atoms with Crippen LogP contribution >= 0.6 is 11.3 Å². The maximum Gasteiger partial charge on any atom is 0.196 e. The van der Waals surface area contributed by atoms with Gasteiger partial charge in [0.05, 0.1) is 12.7 Å². The lowest BCUT2D eigenvalue weighted by Gasteiger charge is -2.18. The van der Waals surface area contributed by atoms with Crippen molar-refractivity contribution in [2.45, 2.75) is 19.4 Å². The second-order valence-electron chi connectivity index (χ2n) is 7.51. The monoisotopic (exact) mass is 394 g/mol. The van der Waals surface area contributed by atoms with E-state index in [-0.39, 0.29) is 5.78 Å². The van der Waals surface area contributed by atoms with Crippen LogP contribution in [0.2, 0.25) is 0 Å². The number of rotatable bonds is 6. The lowest BCUT2D eigenvalue weighted by atomic mass is 9.99. The average Bonchev–Trinajstić information content (AvgIpc) is 3.35. The molecule has 0 atom stereocenters. The molecule has 2 heterocycles. The van der Waals surface area contributed by atoms with Crippen LogP contribution in [0.3, 0.4) is 0 Å². The minimum atomic E-state index is 0.0483. The van der Waals surface area contributed by atoms with Crippen LogP contribution in [0.15, 0.2) is 42.5 Å². The van der Waals surface area contributed by atoms with E-state index < -0.39 is 0 Å². The van der Waals surface area contributed by atoms with Crippen molar-refractivity contribution in [3.05, 3.63) is 59.2 Å². The first-order valence-corrected chi connectivity index (χ1v) is 10.5. The summed E-state index contributed by atoms with van der Waals surface area (Å²) >= 11 is 1.66. The largest absolute Gasteiger partial charge is 0.496 e. The van der Waals surface area contributed by atoms with Gasteiger partial charge in [0.2, 0.25) is 0 Å². The normalized spacial score (nSPS) is 14.5. The van der Waals surface area contributed by atoms with Crippen molar-refractivity contribution in [3.8, 4) is 5.75 Å². The quantitative estimate of drug-likeness (QED) is 0.562. The van der Waals surface area contributed by atoms with Crippen LogP contribution in [0, 0.1) is 0 Å². The lowest BCUT2D eigenvalue weighted by molar-refractivity contribution is 0.104. The molecular weight excluding hydrogens is 368 g/mol. The summed E-state index contributed by atoms with van der Waals surface area (Å²) in [6.45, 7) is 3.15. The van der Waals surface area contributed by atoms with Gasteiger partial charge in [0.15, 0.2) is 5.78 Å². The number of fused-ring (bicyclic) bond motifs is 1. The number of thiophene rings is 1. The number of carbonyl (C=O) groups is 1. The standard InChI is InChI=1S/C23H26N2O2S/c1-24(2)23-21(18-8-4-5-9-20(18)28-23)22(26)16-10-11-17(19(14-16)27-3)15-25-12-6-7-13-25/h4-5,8-11,14H,6-7,12-13,15H2,1-3H3. The molecule has 3 aromatic rings. The SMILES string of the molecule is COc1cc(C(=O)c2c(N(C)C)sc3ccccc23)ccc1CN1CCCC1. The van der Waals surface area contributed by atoms with Gasteiger partial charge in [0.1, 0.15) is 10.8 Å². The van der Waals surface area contributed by atoms with E-state index in [4.69, 9.17) is 4.74 Å². The number of likely N-dealkylation sites (tertiary alicyclic amines) is 1. The number of anilines is 1. The molecule has 1 saturated heterocycles. The molecule has 146 valence electrons. The fraction of sp³-hybridized carbons (Fsp3) is 0.348. The molecule has 28 heavy (non-hydrogen) atoms. The van der Waals surface area contributed by atoms with E-state index in [1.165, 1.54) is 12.8 Å². The molecule has 0 unspecified atom stereocenters. The van der Waals surface area contributed by atoms with Crippen LogP contribution in [-0.4, -0.2) is 45.0 Å². The van der Waals surface area contributed by atoms with Gasteiger partial charge in [-0.25, -0.2) is 0 Å². The highest BCUT2D eigenvalue weighted by molar-refractivity contribution is 7.23. The highest BCUT2D eigenvalue weighted by Gasteiger charge is 2.23. The van der Waals surface area contributed by atoms with Crippen molar-refractivity contribution < 1.29 is 9.53 Å². The van der Waals surface area contributed by atoms with E-state index in [0.29, 0.717) is 5.56 Å². The Hall–Kier alpha value is -2.37. The molecule has 4 nitrogen and oxygen atoms in total. The lowest BCUT2D eigenvalue weighted by Crippen LogP contribution is -2.19. The van der Waals surface area contributed by atoms with Crippen molar-refractivity contribution in [1.82, 2.24) is 4.90 Å². The highest BCUT2D eigenvalue weighted by atomic mass is 32.1. The van der Waals surface area contributed by atoms with Crippen LogP contribution in [0.25, 0.3) is 10.1 Å². The molecule has 0 aliphatic carbocycles. The van der Waals surface area contributed by atoms with Crippen LogP contribution in [-0.2, 0) is 6.54 Å². The Morgan fingerprint density at radius 3 is 2.61 bits per heavy atom. The van der Waals surface area contributed by atoms with Crippen LogP contribution in [0.5, 0.6) is 5.75 Å². The zero-order valence-electron chi connectivity index (χ0n) is 16.7. The third-order valence-corrected chi connectivity index (χ3v) is 6.69. The number of carbonyl (C=O) groups excluding carboxylic acids is 1. The molecule has 0 radical (unpaired) electrons. The zero-order chi connectivity index (χ0) is 19.7. The molecule has 0 amide bonds. The predicted molar refractivity (Wildman–Crippen MR) is 117 cm³/mol. The molecular formula is C23H26N2O2S. The molecule has 0 spiro atoms. The van der Waals surface area contributed by atoms with Gasteiger partial charge in [-0.3, -0.25) is 9.69 Å². The number of hydrogen-bond donors (Lipinski definition) is 0. The van der Waals surface area contributed by atoms with Crippen LogP contribution in [0.1, 0.15) is 34.3 Å². The van der Waals surface area contributed by atoms with Gasteiger partial charge in [0, 0.05) is 41.9 Å². The zero-order valence-corrected chi connectivity index (χ0v) is 17.5. The van der Waals surface area contributed by atoms with E-state index in [1.54, 1.807) is 18.4 Å². The van der Waals surface area contributed by atoms with Crippen LogP contribution < -0.4 is 9.64 Å². The fourth-order valence-electron chi connectivity index (χ4n) is 3.91. The Bertz CT molecular complexity index is 1000. The number of nitrogens with zero attached hydrogens (tertiary/aromatic N) is 2.